The van der Waals surface area contributed by atoms with Crippen molar-refractivity contribution in [2.24, 2.45) is 0 Å². The molecular formula is C17H12FNO. The van der Waals surface area contributed by atoms with E-state index in [9.17, 15) is 9.18 Å². The molecule has 0 fully saturated rings. The summed E-state index contributed by atoms with van der Waals surface area (Å²) in [5.74, 6) is -0.452. The highest BCUT2D eigenvalue weighted by atomic mass is 19.1. The molecule has 0 bridgehead atoms. The monoisotopic (exact) mass is 265 g/mol. The lowest BCUT2D eigenvalue weighted by atomic mass is 9.96. The van der Waals surface area contributed by atoms with E-state index in [1.807, 2.05) is 6.92 Å². The molecule has 0 atom stereocenters. The van der Waals surface area contributed by atoms with Crippen LogP contribution in [-0.2, 0) is 0 Å². The number of carbonyl (C=O) groups excluding carboxylic acids is 1. The predicted octanol–water partition coefficient (Wildman–Crippen LogP) is 3.91. The van der Waals surface area contributed by atoms with Crippen molar-refractivity contribution in [3.05, 3.63) is 77.4 Å². The third kappa shape index (κ3) is 1.97. The number of hydrogen-bond donors (Lipinski definition) is 0. The zero-order valence-electron chi connectivity index (χ0n) is 10.9. The van der Waals surface area contributed by atoms with E-state index in [2.05, 4.69) is 4.98 Å². The molecule has 1 aromatic heterocycles. The fraction of sp³-hybridized carbons (Fsp3) is 0.0588. The minimum Gasteiger partial charge on any atom is -0.289 e. The van der Waals surface area contributed by atoms with Gasteiger partial charge in [0.05, 0.1) is 0 Å². The highest BCUT2D eigenvalue weighted by Gasteiger charge is 2.15. The van der Waals surface area contributed by atoms with Crippen molar-refractivity contribution in [2.45, 2.75) is 6.92 Å². The standard InChI is InChI=1S/C17H12FNO/c1-11-8-9-19-10-15(11)17(20)14-6-7-16(18)13-5-3-2-4-12(13)14/h2-10H,1H3. The van der Waals surface area contributed by atoms with E-state index in [1.54, 1.807) is 42.7 Å². The summed E-state index contributed by atoms with van der Waals surface area (Å²) in [5, 5.41) is 1.08. The quantitative estimate of drug-likeness (QED) is 0.657. The van der Waals surface area contributed by atoms with Gasteiger partial charge in [-0.3, -0.25) is 9.78 Å². The lowest BCUT2D eigenvalue weighted by molar-refractivity contribution is 0.103. The van der Waals surface area contributed by atoms with E-state index in [1.165, 1.54) is 12.1 Å². The van der Waals surface area contributed by atoms with E-state index < -0.39 is 0 Å². The molecule has 0 unspecified atom stereocenters. The first-order chi connectivity index (χ1) is 9.68. The molecule has 0 amide bonds. The number of aromatic nitrogens is 1. The third-order valence-corrected chi connectivity index (χ3v) is 3.40. The van der Waals surface area contributed by atoms with Crippen LogP contribution in [0.25, 0.3) is 10.8 Å². The molecule has 1 heterocycles. The highest BCUT2D eigenvalue weighted by molar-refractivity contribution is 6.16. The van der Waals surface area contributed by atoms with Gasteiger partial charge in [-0.25, -0.2) is 4.39 Å². The molecular weight excluding hydrogens is 253 g/mol. The smallest absolute Gasteiger partial charge is 0.195 e. The molecule has 0 saturated heterocycles. The molecule has 3 aromatic rings. The van der Waals surface area contributed by atoms with E-state index in [0.717, 1.165) is 5.56 Å². The van der Waals surface area contributed by atoms with Gasteiger partial charge in [0.25, 0.3) is 0 Å². The second kappa shape index (κ2) is 4.85. The van der Waals surface area contributed by atoms with E-state index in [-0.39, 0.29) is 11.6 Å². The Labute approximate surface area is 115 Å². The van der Waals surface area contributed by atoms with Gasteiger partial charge in [0.2, 0.25) is 0 Å². The Bertz CT molecular complexity index is 811. The summed E-state index contributed by atoms with van der Waals surface area (Å²) in [6.07, 6.45) is 3.20. The first-order valence-electron chi connectivity index (χ1n) is 6.31. The van der Waals surface area contributed by atoms with Crippen molar-refractivity contribution in [1.82, 2.24) is 4.98 Å². The number of carbonyl (C=O) groups is 1. The predicted molar refractivity (Wildman–Crippen MR) is 76.3 cm³/mol. The summed E-state index contributed by atoms with van der Waals surface area (Å²) in [6.45, 7) is 1.86. The van der Waals surface area contributed by atoms with Gasteiger partial charge in [0.1, 0.15) is 5.82 Å². The Morgan fingerprint density at radius 3 is 2.50 bits per heavy atom. The van der Waals surface area contributed by atoms with Gasteiger partial charge in [-0.05, 0) is 36.1 Å². The van der Waals surface area contributed by atoms with Crippen molar-refractivity contribution in [2.75, 3.05) is 0 Å². The lowest BCUT2D eigenvalue weighted by Crippen LogP contribution is -2.05. The zero-order valence-corrected chi connectivity index (χ0v) is 10.9. The maximum Gasteiger partial charge on any atom is 0.195 e. The van der Waals surface area contributed by atoms with Gasteiger partial charge in [-0.2, -0.15) is 0 Å². The minimum absolute atomic E-state index is 0.133. The van der Waals surface area contributed by atoms with Crippen LogP contribution in [0.2, 0.25) is 0 Å². The van der Waals surface area contributed by atoms with Crippen molar-refractivity contribution in [1.29, 1.82) is 0 Å². The third-order valence-electron chi connectivity index (χ3n) is 3.40. The Morgan fingerprint density at radius 2 is 1.75 bits per heavy atom. The topological polar surface area (TPSA) is 30.0 Å². The molecule has 3 rings (SSSR count). The Hall–Kier alpha value is -2.55. The van der Waals surface area contributed by atoms with Gasteiger partial charge in [0, 0.05) is 28.9 Å². The summed E-state index contributed by atoms with van der Waals surface area (Å²) >= 11 is 0. The molecule has 0 spiro atoms. The van der Waals surface area contributed by atoms with Gasteiger partial charge >= 0.3 is 0 Å². The molecule has 0 N–H and O–H groups in total. The minimum atomic E-state index is -0.319. The second-order valence-corrected chi connectivity index (χ2v) is 4.66. The maximum absolute atomic E-state index is 13.8. The Kier molecular flexibility index (Phi) is 3.03. The summed E-state index contributed by atoms with van der Waals surface area (Å²) in [5.41, 5.74) is 1.90. The van der Waals surface area contributed by atoms with E-state index >= 15 is 0 Å². The van der Waals surface area contributed by atoms with Crippen molar-refractivity contribution < 1.29 is 9.18 Å². The van der Waals surface area contributed by atoms with Crippen LogP contribution in [-0.4, -0.2) is 10.8 Å². The molecule has 2 aromatic carbocycles. The average Bonchev–Trinajstić information content (AvgIpc) is 2.48. The number of hydrogen-bond acceptors (Lipinski definition) is 2. The summed E-state index contributed by atoms with van der Waals surface area (Å²) < 4.78 is 13.8. The maximum atomic E-state index is 13.8. The summed E-state index contributed by atoms with van der Waals surface area (Å²) in [6, 6.07) is 11.7. The number of aryl methyl sites for hydroxylation is 1. The van der Waals surface area contributed by atoms with Crippen LogP contribution in [0.15, 0.2) is 54.9 Å². The largest absolute Gasteiger partial charge is 0.289 e. The molecule has 0 aliphatic carbocycles. The molecule has 0 radical (unpaired) electrons. The number of benzene rings is 2. The second-order valence-electron chi connectivity index (χ2n) is 4.66. The van der Waals surface area contributed by atoms with Gasteiger partial charge in [-0.1, -0.05) is 24.3 Å². The van der Waals surface area contributed by atoms with Crippen LogP contribution >= 0.6 is 0 Å². The average molecular weight is 265 g/mol. The van der Waals surface area contributed by atoms with Crippen molar-refractivity contribution in [3.63, 3.8) is 0 Å². The Morgan fingerprint density at radius 1 is 1.00 bits per heavy atom. The number of rotatable bonds is 2. The number of halogens is 1. The van der Waals surface area contributed by atoms with E-state index in [4.69, 9.17) is 0 Å². The van der Waals surface area contributed by atoms with Crippen LogP contribution in [0.1, 0.15) is 21.5 Å². The molecule has 2 nitrogen and oxygen atoms in total. The fourth-order valence-corrected chi connectivity index (χ4v) is 2.31. The number of pyridine rings is 1. The van der Waals surface area contributed by atoms with Gasteiger partial charge in [0.15, 0.2) is 5.78 Å². The number of nitrogens with zero attached hydrogens (tertiary/aromatic N) is 1. The number of ketones is 1. The molecule has 20 heavy (non-hydrogen) atoms. The van der Waals surface area contributed by atoms with Crippen molar-refractivity contribution >= 4 is 16.6 Å². The molecule has 3 heteroatoms. The highest BCUT2D eigenvalue weighted by Crippen LogP contribution is 2.24. The van der Waals surface area contributed by atoms with E-state index in [0.29, 0.717) is 21.9 Å². The van der Waals surface area contributed by atoms with Crippen molar-refractivity contribution in [3.8, 4) is 0 Å². The van der Waals surface area contributed by atoms with Crippen LogP contribution in [0.4, 0.5) is 4.39 Å². The fourth-order valence-electron chi connectivity index (χ4n) is 2.31. The summed E-state index contributed by atoms with van der Waals surface area (Å²) in [4.78, 5) is 16.6. The normalized spacial score (nSPS) is 10.7. The molecule has 98 valence electrons. The number of fused-ring (bicyclic) bond motifs is 1. The van der Waals surface area contributed by atoms with Crippen LogP contribution in [0, 0.1) is 12.7 Å². The molecule has 0 aliphatic heterocycles. The first kappa shape index (κ1) is 12.5. The SMILES string of the molecule is Cc1ccncc1C(=O)c1ccc(F)c2ccccc12. The zero-order chi connectivity index (χ0) is 14.1. The Balaban J connectivity index is 2.23. The van der Waals surface area contributed by atoms with Crippen LogP contribution < -0.4 is 0 Å². The molecule has 0 saturated carbocycles. The van der Waals surface area contributed by atoms with Crippen LogP contribution in [0.5, 0.6) is 0 Å². The van der Waals surface area contributed by atoms with Gasteiger partial charge < -0.3 is 0 Å². The summed E-state index contributed by atoms with van der Waals surface area (Å²) in [7, 11) is 0. The lowest BCUT2D eigenvalue weighted by Gasteiger charge is -2.08. The van der Waals surface area contributed by atoms with Crippen LogP contribution in [0.3, 0.4) is 0 Å². The first-order valence-corrected chi connectivity index (χ1v) is 6.31. The van der Waals surface area contributed by atoms with Gasteiger partial charge in [-0.15, -0.1) is 0 Å². The molecule has 0 aliphatic rings.